The molecule has 0 spiro atoms. The molecule has 4 N–H and O–H groups in total. The lowest BCUT2D eigenvalue weighted by Crippen LogP contribution is -2.23. The first-order valence-electron chi connectivity index (χ1n) is 13.3. The van der Waals surface area contributed by atoms with Crippen LogP contribution >= 0.6 is 0 Å². The molecule has 0 bridgehead atoms. The van der Waals surface area contributed by atoms with Crippen molar-refractivity contribution in [2.75, 3.05) is 19.6 Å². The maximum Gasteiger partial charge on any atom is 0.317 e. The minimum absolute atomic E-state index is 0.0947. The first kappa shape index (κ1) is 31.6. The van der Waals surface area contributed by atoms with Gasteiger partial charge in [0.2, 0.25) is 0 Å². The zero-order valence-corrected chi connectivity index (χ0v) is 20.7. The average Bonchev–Trinajstić information content (AvgIpc) is 2.74. The van der Waals surface area contributed by atoms with Crippen LogP contribution in [0.2, 0.25) is 0 Å². The molecule has 0 rings (SSSR count). The SMILES string of the molecule is CCCCCCCCCCCCN.CCCCCCCCCCCCNCC(=O)O. The molecule has 0 aromatic heterocycles. The van der Waals surface area contributed by atoms with Gasteiger partial charge in [-0.15, -0.1) is 0 Å². The fourth-order valence-corrected chi connectivity index (χ4v) is 3.56. The van der Waals surface area contributed by atoms with Crippen molar-refractivity contribution in [2.45, 2.75) is 142 Å². The molecule has 0 saturated heterocycles. The first-order valence-corrected chi connectivity index (χ1v) is 13.3. The summed E-state index contributed by atoms with van der Waals surface area (Å²) in [6, 6.07) is 0. The van der Waals surface area contributed by atoms with Gasteiger partial charge in [-0.2, -0.15) is 0 Å². The van der Waals surface area contributed by atoms with E-state index in [0.29, 0.717) is 0 Å². The zero-order valence-electron chi connectivity index (χ0n) is 20.7. The van der Waals surface area contributed by atoms with Crippen LogP contribution in [-0.2, 0) is 4.79 Å². The Balaban J connectivity index is 0. The summed E-state index contributed by atoms with van der Waals surface area (Å²) in [4.78, 5) is 10.2. The molecule has 0 atom stereocenters. The molecule has 182 valence electrons. The Kier molecular flexibility index (Phi) is 32.2. The van der Waals surface area contributed by atoms with Crippen molar-refractivity contribution in [3.8, 4) is 0 Å². The molecular formula is C26H56N2O2. The number of unbranched alkanes of at least 4 members (excludes halogenated alkanes) is 18. The minimum Gasteiger partial charge on any atom is -0.480 e. The van der Waals surface area contributed by atoms with Crippen LogP contribution in [0.25, 0.3) is 0 Å². The maximum atomic E-state index is 10.2. The largest absolute Gasteiger partial charge is 0.480 e. The van der Waals surface area contributed by atoms with Crippen molar-refractivity contribution in [2.24, 2.45) is 5.73 Å². The van der Waals surface area contributed by atoms with E-state index in [2.05, 4.69) is 19.2 Å². The first-order chi connectivity index (χ1) is 14.7. The standard InChI is InChI=1S/C14H29NO2.C12H27N/c1-2-3-4-5-6-7-8-9-10-11-12-15-13-14(16)17;1-2-3-4-5-6-7-8-9-10-11-12-13/h15H,2-13H2,1H3,(H,16,17);2-13H2,1H3. The van der Waals surface area contributed by atoms with Gasteiger partial charge in [0.1, 0.15) is 0 Å². The van der Waals surface area contributed by atoms with Gasteiger partial charge in [-0.3, -0.25) is 4.79 Å². The van der Waals surface area contributed by atoms with Crippen LogP contribution in [0, 0.1) is 0 Å². The predicted molar refractivity (Wildman–Crippen MR) is 133 cm³/mol. The molecule has 0 fully saturated rings. The predicted octanol–water partition coefficient (Wildman–Crippen LogP) is 7.45. The number of carboxylic acids is 1. The van der Waals surface area contributed by atoms with Gasteiger partial charge in [0, 0.05) is 0 Å². The number of hydrogen-bond donors (Lipinski definition) is 3. The summed E-state index contributed by atoms with van der Waals surface area (Å²) >= 11 is 0. The van der Waals surface area contributed by atoms with E-state index in [4.69, 9.17) is 10.8 Å². The highest BCUT2D eigenvalue weighted by atomic mass is 16.4. The van der Waals surface area contributed by atoms with E-state index < -0.39 is 5.97 Å². The summed E-state index contributed by atoms with van der Waals surface area (Å²) in [5, 5.41) is 11.3. The molecule has 0 amide bonds. The second kappa shape index (κ2) is 30.6. The maximum absolute atomic E-state index is 10.2. The van der Waals surface area contributed by atoms with Crippen molar-refractivity contribution < 1.29 is 9.90 Å². The van der Waals surface area contributed by atoms with Crippen LogP contribution in [-0.4, -0.2) is 30.7 Å². The number of hydrogen-bond acceptors (Lipinski definition) is 3. The summed E-state index contributed by atoms with van der Waals surface area (Å²) in [6.45, 7) is 6.32. The molecule has 0 aliphatic heterocycles. The molecular weight excluding hydrogens is 372 g/mol. The van der Waals surface area contributed by atoms with Crippen molar-refractivity contribution in [3.63, 3.8) is 0 Å². The van der Waals surface area contributed by atoms with E-state index in [1.165, 1.54) is 122 Å². The molecule has 0 aromatic rings. The molecule has 0 unspecified atom stereocenters. The lowest BCUT2D eigenvalue weighted by atomic mass is 10.1. The Morgan fingerprint density at radius 3 is 1.27 bits per heavy atom. The zero-order chi connectivity index (χ0) is 22.5. The number of nitrogens with two attached hydrogens (primary N) is 1. The van der Waals surface area contributed by atoms with Gasteiger partial charge < -0.3 is 16.2 Å². The summed E-state index contributed by atoms with van der Waals surface area (Å²) < 4.78 is 0. The van der Waals surface area contributed by atoms with Gasteiger partial charge in [0.05, 0.1) is 6.54 Å². The molecule has 0 heterocycles. The van der Waals surface area contributed by atoms with Gasteiger partial charge in [0.25, 0.3) is 0 Å². The highest BCUT2D eigenvalue weighted by Gasteiger charge is 1.95. The summed E-state index contributed by atoms with van der Waals surface area (Å²) in [5.41, 5.74) is 5.42. The van der Waals surface area contributed by atoms with Crippen LogP contribution in [0.1, 0.15) is 142 Å². The van der Waals surface area contributed by atoms with Crippen LogP contribution in [0.15, 0.2) is 0 Å². The third kappa shape index (κ3) is 34.9. The Labute approximate surface area is 189 Å². The number of rotatable bonds is 23. The van der Waals surface area contributed by atoms with Crippen LogP contribution in [0.3, 0.4) is 0 Å². The van der Waals surface area contributed by atoms with Gasteiger partial charge in [-0.1, -0.05) is 129 Å². The topological polar surface area (TPSA) is 75.3 Å². The van der Waals surface area contributed by atoms with Crippen molar-refractivity contribution in [1.82, 2.24) is 5.32 Å². The van der Waals surface area contributed by atoms with E-state index >= 15 is 0 Å². The lowest BCUT2D eigenvalue weighted by molar-refractivity contribution is -0.135. The summed E-state index contributed by atoms with van der Waals surface area (Å²) in [5.74, 6) is -0.767. The number of carboxylic acid groups (broad SMARTS) is 1. The van der Waals surface area contributed by atoms with Crippen LogP contribution in [0.4, 0.5) is 0 Å². The number of nitrogens with one attached hydrogen (secondary N) is 1. The normalized spacial score (nSPS) is 10.6. The van der Waals surface area contributed by atoms with Crippen LogP contribution < -0.4 is 11.1 Å². The minimum atomic E-state index is -0.767. The Morgan fingerprint density at radius 1 is 0.600 bits per heavy atom. The summed E-state index contributed by atoms with van der Waals surface area (Å²) in [6.07, 6.45) is 27.1. The van der Waals surface area contributed by atoms with E-state index in [1.54, 1.807) is 0 Å². The molecule has 4 nitrogen and oxygen atoms in total. The highest BCUT2D eigenvalue weighted by Crippen LogP contribution is 2.11. The fraction of sp³-hybridized carbons (Fsp3) is 0.962. The second-order valence-corrected chi connectivity index (χ2v) is 8.72. The Hall–Kier alpha value is -0.610. The van der Waals surface area contributed by atoms with Gasteiger partial charge >= 0.3 is 5.97 Å². The quantitative estimate of drug-likeness (QED) is 0.148. The van der Waals surface area contributed by atoms with E-state index in [9.17, 15) is 4.79 Å². The molecule has 4 heteroatoms. The second-order valence-electron chi connectivity index (χ2n) is 8.72. The fourth-order valence-electron chi connectivity index (χ4n) is 3.56. The summed E-state index contributed by atoms with van der Waals surface area (Å²) in [7, 11) is 0. The van der Waals surface area contributed by atoms with Gasteiger partial charge in [-0.25, -0.2) is 0 Å². The highest BCUT2D eigenvalue weighted by molar-refractivity contribution is 5.68. The average molecular weight is 429 g/mol. The van der Waals surface area contributed by atoms with Gasteiger partial charge in [0.15, 0.2) is 0 Å². The third-order valence-electron chi connectivity index (χ3n) is 5.54. The van der Waals surface area contributed by atoms with Crippen molar-refractivity contribution in [3.05, 3.63) is 0 Å². The Bertz CT molecular complexity index is 301. The van der Waals surface area contributed by atoms with E-state index in [0.717, 1.165) is 19.5 Å². The molecule has 0 aliphatic carbocycles. The number of aliphatic carboxylic acids is 1. The Morgan fingerprint density at radius 2 is 0.933 bits per heavy atom. The molecule has 30 heavy (non-hydrogen) atoms. The van der Waals surface area contributed by atoms with E-state index in [-0.39, 0.29) is 6.54 Å². The number of carbonyl (C=O) groups is 1. The third-order valence-corrected chi connectivity index (χ3v) is 5.54. The molecule has 0 saturated carbocycles. The lowest BCUT2D eigenvalue weighted by Gasteiger charge is -2.03. The van der Waals surface area contributed by atoms with Crippen LogP contribution in [0.5, 0.6) is 0 Å². The smallest absolute Gasteiger partial charge is 0.317 e. The van der Waals surface area contributed by atoms with E-state index in [1.807, 2.05) is 0 Å². The van der Waals surface area contributed by atoms with Gasteiger partial charge in [-0.05, 0) is 25.9 Å². The van der Waals surface area contributed by atoms with Crippen molar-refractivity contribution in [1.29, 1.82) is 0 Å². The van der Waals surface area contributed by atoms with Crippen molar-refractivity contribution >= 4 is 5.97 Å². The molecule has 0 aromatic carbocycles. The molecule has 0 aliphatic rings. The molecule has 0 radical (unpaired) electrons. The monoisotopic (exact) mass is 428 g/mol.